The average Bonchev–Trinajstić information content (AvgIpc) is 2.99. The van der Waals surface area contributed by atoms with Gasteiger partial charge in [0.05, 0.1) is 19.3 Å². The third-order valence-corrected chi connectivity index (χ3v) is 7.26. The zero-order valence-electron chi connectivity index (χ0n) is 16.4. The molecule has 0 spiro atoms. The Morgan fingerprint density at radius 1 is 1.20 bits per heavy atom. The minimum absolute atomic E-state index is 0.0603. The van der Waals surface area contributed by atoms with E-state index in [1.807, 2.05) is 7.05 Å². The first-order valence-corrected chi connectivity index (χ1v) is 10.6. The van der Waals surface area contributed by atoms with Crippen LogP contribution in [0.1, 0.15) is 65.2 Å². The molecule has 4 nitrogen and oxygen atoms in total. The second-order valence-electron chi connectivity index (χ2n) is 8.66. The lowest BCUT2D eigenvalue weighted by molar-refractivity contribution is -0.236. The fourth-order valence-corrected chi connectivity index (χ4v) is 5.50. The molecule has 25 heavy (non-hydrogen) atoms. The SMILES string of the molecule is CCCCC1CCCC2C(C)C(OCC3CCC(C=O)N3C)OCC12. The van der Waals surface area contributed by atoms with Crippen molar-refractivity contribution in [3.8, 4) is 0 Å². The van der Waals surface area contributed by atoms with Crippen molar-refractivity contribution in [2.24, 2.45) is 23.7 Å². The highest BCUT2D eigenvalue weighted by Crippen LogP contribution is 2.45. The number of likely N-dealkylation sites (N-methyl/N-ethyl adjacent to an activating group) is 1. The highest BCUT2D eigenvalue weighted by atomic mass is 16.7. The van der Waals surface area contributed by atoms with Gasteiger partial charge < -0.3 is 14.3 Å². The molecule has 3 aliphatic rings. The molecule has 2 heterocycles. The van der Waals surface area contributed by atoms with Gasteiger partial charge in [-0.05, 0) is 44.1 Å². The summed E-state index contributed by atoms with van der Waals surface area (Å²) in [7, 11) is 2.04. The predicted molar refractivity (Wildman–Crippen MR) is 99.3 cm³/mol. The quantitative estimate of drug-likeness (QED) is 0.653. The largest absolute Gasteiger partial charge is 0.352 e. The maximum absolute atomic E-state index is 11.1. The van der Waals surface area contributed by atoms with Gasteiger partial charge in [0, 0.05) is 12.0 Å². The van der Waals surface area contributed by atoms with Crippen LogP contribution in [0.2, 0.25) is 0 Å². The molecule has 0 amide bonds. The Hall–Kier alpha value is -0.450. The molecule has 0 aromatic heterocycles. The number of carbonyl (C=O) groups is 1. The van der Waals surface area contributed by atoms with Crippen LogP contribution in [0.15, 0.2) is 0 Å². The van der Waals surface area contributed by atoms with Crippen LogP contribution < -0.4 is 0 Å². The van der Waals surface area contributed by atoms with Crippen LogP contribution in [0, 0.1) is 23.7 Å². The van der Waals surface area contributed by atoms with Crippen molar-refractivity contribution in [3.63, 3.8) is 0 Å². The monoisotopic (exact) mass is 351 g/mol. The van der Waals surface area contributed by atoms with E-state index in [1.54, 1.807) is 0 Å². The zero-order chi connectivity index (χ0) is 17.8. The highest BCUT2D eigenvalue weighted by Gasteiger charge is 2.43. The molecule has 3 rings (SSSR count). The van der Waals surface area contributed by atoms with Gasteiger partial charge in [0.15, 0.2) is 6.29 Å². The van der Waals surface area contributed by atoms with Crippen molar-refractivity contribution < 1.29 is 14.3 Å². The van der Waals surface area contributed by atoms with Crippen molar-refractivity contribution in [2.75, 3.05) is 20.3 Å². The molecular weight excluding hydrogens is 314 g/mol. The molecule has 0 bridgehead atoms. The minimum atomic E-state index is -0.0603. The summed E-state index contributed by atoms with van der Waals surface area (Å²) < 4.78 is 12.4. The lowest BCUT2D eigenvalue weighted by atomic mass is 9.65. The van der Waals surface area contributed by atoms with E-state index in [0.717, 1.165) is 43.5 Å². The van der Waals surface area contributed by atoms with Crippen LogP contribution in [0.5, 0.6) is 0 Å². The molecule has 2 saturated heterocycles. The second-order valence-corrected chi connectivity index (χ2v) is 8.66. The third-order valence-electron chi connectivity index (χ3n) is 7.26. The molecule has 0 aromatic carbocycles. The molecule has 7 atom stereocenters. The normalized spacial score (nSPS) is 42.3. The fraction of sp³-hybridized carbons (Fsp3) is 0.952. The Morgan fingerprint density at radius 3 is 2.76 bits per heavy atom. The molecule has 1 saturated carbocycles. The van der Waals surface area contributed by atoms with E-state index in [4.69, 9.17) is 9.47 Å². The van der Waals surface area contributed by atoms with Crippen molar-refractivity contribution in [1.29, 1.82) is 0 Å². The molecule has 1 aliphatic carbocycles. The molecular formula is C21H37NO3. The van der Waals surface area contributed by atoms with Crippen LogP contribution in [0.25, 0.3) is 0 Å². The van der Waals surface area contributed by atoms with Gasteiger partial charge >= 0.3 is 0 Å². The van der Waals surface area contributed by atoms with Gasteiger partial charge in [-0.25, -0.2) is 0 Å². The predicted octanol–water partition coefficient (Wildman–Crippen LogP) is 3.88. The first-order chi connectivity index (χ1) is 12.2. The Bertz CT molecular complexity index is 429. The molecule has 0 aromatic rings. The van der Waals surface area contributed by atoms with E-state index in [2.05, 4.69) is 18.7 Å². The molecule has 4 heteroatoms. The first kappa shape index (κ1) is 19.3. The van der Waals surface area contributed by atoms with E-state index >= 15 is 0 Å². The number of ether oxygens (including phenoxy) is 2. The number of rotatable bonds is 7. The Morgan fingerprint density at radius 2 is 2.04 bits per heavy atom. The highest BCUT2D eigenvalue weighted by molar-refractivity contribution is 5.58. The first-order valence-electron chi connectivity index (χ1n) is 10.6. The maximum atomic E-state index is 11.1. The second kappa shape index (κ2) is 8.96. The Kier molecular flexibility index (Phi) is 6.93. The van der Waals surface area contributed by atoms with Crippen molar-refractivity contribution >= 4 is 6.29 Å². The average molecular weight is 352 g/mol. The molecule has 2 aliphatic heterocycles. The third kappa shape index (κ3) is 4.28. The van der Waals surface area contributed by atoms with E-state index < -0.39 is 0 Å². The van der Waals surface area contributed by atoms with E-state index in [9.17, 15) is 4.79 Å². The number of nitrogens with zero attached hydrogens (tertiary/aromatic N) is 1. The summed E-state index contributed by atoms with van der Waals surface area (Å²) >= 11 is 0. The minimum Gasteiger partial charge on any atom is -0.352 e. The topological polar surface area (TPSA) is 38.8 Å². The summed E-state index contributed by atoms with van der Waals surface area (Å²) in [5.41, 5.74) is 0. The zero-order valence-corrected chi connectivity index (χ0v) is 16.4. The van der Waals surface area contributed by atoms with Crippen molar-refractivity contribution in [2.45, 2.75) is 83.6 Å². The lowest BCUT2D eigenvalue weighted by Crippen LogP contribution is -2.48. The Balaban J connectivity index is 1.51. The summed E-state index contributed by atoms with van der Waals surface area (Å²) in [5, 5.41) is 0. The standard InChI is InChI=1S/C21H37NO3/c1-4-5-7-16-8-6-9-19-15(2)21(25-14-20(16)19)24-13-18-11-10-17(12-23)22(18)3/h12,15-21H,4-11,13-14H2,1-3H3. The Labute approximate surface area is 153 Å². The number of likely N-dealkylation sites (tertiary alicyclic amines) is 1. The van der Waals surface area contributed by atoms with E-state index in [0.29, 0.717) is 18.6 Å². The van der Waals surface area contributed by atoms with Crippen LogP contribution in [-0.2, 0) is 14.3 Å². The summed E-state index contributed by atoms with van der Waals surface area (Å²) in [6.45, 7) is 6.19. The lowest BCUT2D eigenvalue weighted by Gasteiger charge is -2.47. The smallest absolute Gasteiger partial charge is 0.160 e. The van der Waals surface area contributed by atoms with Gasteiger partial charge in [0.25, 0.3) is 0 Å². The number of fused-ring (bicyclic) bond motifs is 1. The van der Waals surface area contributed by atoms with Crippen molar-refractivity contribution in [1.82, 2.24) is 4.90 Å². The van der Waals surface area contributed by atoms with Gasteiger partial charge in [-0.15, -0.1) is 0 Å². The van der Waals surface area contributed by atoms with Crippen LogP contribution >= 0.6 is 0 Å². The van der Waals surface area contributed by atoms with Crippen LogP contribution in [0.3, 0.4) is 0 Å². The molecule has 3 fully saturated rings. The number of aldehydes is 1. The van der Waals surface area contributed by atoms with Gasteiger partial charge in [0.1, 0.15) is 6.29 Å². The van der Waals surface area contributed by atoms with Crippen molar-refractivity contribution in [3.05, 3.63) is 0 Å². The molecule has 0 N–H and O–H groups in total. The maximum Gasteiger partial charge on any atom is 0.160 e. The van der Waals surface area contributed by atoms with Crippen LogP contribution in [0.4, 0.5) is 0 Å². The van der Waals surface area contributed by atoms with Gasteiger partial charge in [0.2, 0.25) is 0 Å². The summed E-state index contributed by atoms with van der Waals surface area (Å²) in [6, 6.07) is 0.424. The van der Waals surface area contributed by atoms with Gasteiger partial charge in [-0.3, -0.25) is 4.90 Å². The van der Waals surface area contributed by atoms with Gasteiger partial charge in [-0.2, -0.15) is 0 Å². The van der Waals surface area contributed by atoms with Gasteiger partial charge in [-0.1, -0.05) is 46.0 Å². The van der Waals surface area contributed by atoms with Crippen LogP contribution in [-0.4, -0.2) is 49.8 Å². The molecule has 0 radical (unpaired) electrons. The number of hydrogen-bond donors (Lipinski definition) is 0. The summed E-state index contributed by atoms with van der Waals surface area (Å²) in [6.07, 6.45) is 11.2. The molecule has 7 unspecified atom stereocenters. The summed E-state index contributed by atoms with van der Waals surface area (Å²) in [4.78, 5) is 13.2. The van der Waals surface area contributed by atoms with E-state index in [1.165, 1.54) is 38.5 Å². The summed E-state index contributed by atoms with van der Waals surface area (Å²) in [5.74, 6) is 2.84. The number of unbranched alkanes of at least 4 members (excludes halogenated alkanes) is 1. The number of hydrogen-bond acceptors (Lipinski definition) is 4. The van der Waals surface area contributed by atoms with E-state index in [-0.39, 0.29) is 12.3 Å². The fourth-order valence-electron chi connectivity index (χ4n) is 5.50. The number of carbonyl (C=O) groups excluding carboxylic acids is 1. The molecule has 144 valence electrons.